The lowest BCUT2D eigenvalue weighted by molar-refractivity contribution is 0.0378. The van der Waals surface area contributed by atoms with Gasteiger partial charge in [0.05, 0.1) is 12.3 Å². The predicted molar refractivity (Wildman–Crippen MR) is 151 cm³/mol. The zero-order valence-electron chi connectivity index (χ0n) is 23.6. The summed E-state index contributed by atoms with van der Waals surface area (Å²) in [5.74, 6) is -0.755. The van der Waals surface area contributed by atoms with Gasteiger partial charge in [-0.3, -0.25) is 4.79 Å². The number of methoxy groups -OCH3 is 1. The number of hydrogen-bond acceptors (Lipinski definition) is 7. The fourth-order valence-corrected chi connectivity index (χ4v) is 4.71. The Labute approximate surface area is 234 Å². The summed E-state index contributed by atoms with van der Waals surface area (Å²) in [6.45, 7) is 8.66. The number of rotatable bonds is 7. The quantitative estimate of drug-likeness (QED) is 0.349. The van der Waals surface area contributed by atoms with Gasteiger partial charge >= 0.3 is 12.0 Å². The smallest absolute Gasteiger partial charge is 0.342 e. The Morgan fingerprint density at radius 2 is 1.75 bits per heavy atom. The van der Waals surface area contributed by atoms with E-state index in [9.17, 15) is 14.4 Å². The molecular weight excluding hydrogens is 510 g/mol. The molecule has 210 valence electrons. The summed E-state index contributed by atoms with van der Waals surface area (Å²) >= 11 is 0. The first-order valence-electron chi connectivity index (χ1n) is 13.2. The highest BCUT2D eigenvalue weighted by Gasteiger charge is 2.34. The van der Waals surface area contributed by atoms with Crippen LogP contribution in [0.25, 0.3) is 11.4 Å². The average molecular weight is 546 g/mol. The van der Waals surface area contributed by atoms with Crippen molar-refractivity contribution in [3.8, 4) is 11.4 Å². The van der Waals surface area contributed by atoms with Crippen LogP contribution >= 0.6 is 0 Å². The van der Waals surface area contributed by atoms with E-state index in [0.717, 1.165) is 22.4 Å². The van der Waals surface area contributed by atoms with Crippen molar-refractivity contribution in [2.45, 2.75) is 33.7 Å². The number of nitrogens with zero attached hydrogens (tertiary/aromatic N) is 4. The second-order valence-electron chi connectivity index (χ2n) is 9.89. The number of aryl methyl sites for hydroxylation is 3. The molecule has 1 aliphatic heterocycles. The number of ether oxygens (including phenoxy) is 2. The zero-order valence-corrected chi connectivity index (χ0v) is 23.6. The maximum Gasteiger partial charge on any atom is 0.342 e. The number of amides is 3. The Morgan fingerprint density at radius 1 is 1.00 bits per heavy atom. The second kappa shape index (κ2) is 12.7. The number of carbonyl (C=O) groups is 3. The lowest BCUT2D eigenvalue weighted by atomic mass is 10.1. The SMILES string of the molecule is COCCOC(=O)c1c(C)nc(-c2ccccc2)nc1C(=O)N1CCN(C(=O)Nc2ccc(C)cc2C)C(C)C1. The predicted octanol–water partition coefficient (Wildman–Crippen LogP) is 4.25. The van der Waals surface area contributed by atoms with Gasteiger partial charge in [0.1, 0.15) is 17.9 Å². The molecule has 10 nitrogen and oxygen atoms in total. The fraction of sp³-hybridized carbons (Fsp3) is 0.367. The minimum Gasteiger partial charge on any atom is -0.460 e. The molecule has 1 aromatic heterocycles. The van der Waals surface area contributed by atoms with Crippen molar-refractivity contribution in [1.29, 1.82) is 0 Å². The van der Waals surface area contributed by atoms with E-state index in [0.29, 0.717) is 18.1 Å². The highest BCUT2D eigenvalue weighted by Crippen LogP contribution is 2.23. The summed E-state index contributed by atoms with van der Waals surface area (Å²) in [4.78, 5) is 52.4. The molecule has 1 N–H and O–H groups in total. The molecule has 0 aliphatic carbocycles. The number of aromatic nitrogens is 2. The number of esters is 1. The third-order valence-electron chi connectivity index (χ3n) is 6.85. The second-order valence-corrected chi connectivity index (χ2v) is 9.89. The first-order chi connectivity index (χ1) is 19.2. The van der Waals surface area contributed by atoms with Crippen LogP contribution in [0, 0.1) is 20.8 Å². The van der Waals surface area contributed by atoms with Crippen LogP contribution in [0.1, 0.15) is 44.6 Å². The van der Waals surface area contributed by atoms with Crippen molar-refractivity contribution in [2.75, 3.05) is 45.3 Å². The van der Waals surface area contributed by atoms with Gasteiger partial charge in [0, 0.05) is 44.0 Å². The zero-order chi connectivity index (χ0) is 28.8. The molecule has 40 heavy (non-hydrogen) atoms. The summed E-state index contributed by atoms with van der Waals surface area (Å²) in [6, 6.07) is 14.6. The highest BCUT2D eigenvalue weighted by molar-refractivity contribution is 6.05. The van der Waals surface area contributed by atoms with Crippen LogP contribution in [0.5, 0.6) is 0 Å². The van der Waals surface area contributed by atoms with Crippen molar-refractivity contribution >= 4 is 23.6 Å². The largest absolute Gasteiger partial charge is 0.460 e. The molecule has 3 amide bonds. The maximum absolute atomic E-state index is 13.9. The van der Waals surface area contributed by atoms with Gasteiger partial charge in [0.2, 0.25) is 0 Å². The molecular formula is C30H35N5O5. The van der Waals surface area contributed by atoms with Crippen LogP contribution in [0.15, 0.2) is 48.5 Å². The van der Waals surface area contributed by atoms with Crippen LogP contribution in [0.3, 0.4) is 0 Å². The molecule has 1 saturated heterocycles. The monoisotopic (exact) mass is 545 g/mol. The van der Waals surface area contributed by atoms with Crippen molar-refractivity contribution in [2.24, 2.45) is 0 Å². The Morgan fingerprint density at radius 3 is 2.42 bits per heavy atom. The van der Waals surface area contributed by atoms with Crippen LogP contribution in [0.4, 0.5) is 10.5 Å². The number of benzene rings is 2. The fourth-order valence-electron chi connectivity index (χ4n) is 4.71. The summed E-state index contributed by atoms with van der Waals surface area (Å²) < 4.78 is 10.3. The molecule has 0 radical (unpaired) electrons. The average Bonchev–Trinajstić information content (AvgIpc) is 2.94. The first-order valence-corrected chi connectivity index (χ1v) is 13.2. The number of piperazine rings is 1. The Bertz CT molecular complexity index is 1390. The maximum atomic E-state index is 13.9. The highest BCUT2D eigenvalue weighted by atomic mass is 16.6. The van der Waals surface area contributed by atoms with E-state index < -0.39 is 11.9 Å². The van der Waals surface area contributed by atoms with Gasteiger partial charge in [-0.25, -0.2) is 19.6 Å². The van der Waals surface area contributed by atoms with E-state index >= 15 is 0 Å². The van der Waals surface area contributed by atoms with Gasteiger partial charge < -0.3 is 24.6 Å². The molecule has 10 heteroatoms. The number of hydrogen-bond donors (Lipinski definition) is 1. The van der Waals surface area contributed by atoms with Crippen LogP contribution < -0.4 is 5.32 Å². The minimum absolute atomic E-state index is 0.0193. The molecule has 0 saturated carbocycles. The van der Waals surface area contributed by atoms with E-state index in [-0.39, 0.29) is 49.6 Å². The summed E-state index contributed by atoms with van der Waals surface area (Å²) in [5.41, 5.74) is 3.93. The van der Waals surface area contributed by atoms with Crippen LogP contribution in [-0.2, 0) is 9.47 Å². The molecule has 0 bridgehead atoms. The van der Waals surface area contributed by atoms with Crippen molar-refractivity contribution in [3.05, 3.63) is 76.6 Å². The van der Waals surface area contributed by atoms with E-state index in [4.69, 9.17) is 9.47 Å². The molecule has 1 fully saturated rings. The molecule has 0 spiro atoms. The molecule has 1 unspecified atom stereocenters. The third kappa shape index (κ3) is 6.45. The van der Waals surface area contributed by atoms with E-state index in [2.05, 4.69) is 15.3 Å². The topological polar surface area (TPSA) is 114 Å². The van der Waals surface area contributed by atoms with Crippen molar-refractivity contribution in [3.63, 3.8) is 0 Å². The molecule has 1 aliphatic rings. The standard InChI is InChI=1S/C30H35N5O5/c1-19-11-12-24(20(2)17-19)32-30(38)35-14-13-34(18-21(35)3)28(36)26-25(29(37)40-16-15-39-5)22(4)31-27(33-26)23-9-7-6-8-10-23/h6-12,17,21H,13-16,18H2,1-5H3,(H,32,38). The normalized spacial score (nSPS) is 15.1. The number of nitrogens with one attached hydrogen (secondary N) is 1. The van der Waals surface area contributed by atoms with Gasteiger partial charge in [-0.05, 0) is 39.3 Å². The van der Waals surface area contributed by atoms with E-state index in [1.807, 2.05) is 69.3 Å². The Hall–Kier alpha value is -4.31. The number of urea groups is 1. The summed E-state index contributed by atoms with van der Waals surface area (Å²) in [6.07, 6.45) is 0. The third-order valence-corrected chi connectivity index (χ3v) is 6.85. The summed E-state index contributed by atoms with van der Waals surface area (Å²) in [5, 5.41) is 2.99. The molecule has 4 rings (SSSR count). The Kier molecular flexibility index (Phi) is 9.11. The van der Waals surface area contributed by atoms with E-state index in [1.165, 1.54) is 7.11 Å². The van der Waals surface area contributed by atoms with Crippen molar-refractivity contribution in [1.82, 2.24) is 19.8 Å². The van der Waals surface area contributed by atoms with Gasteiger partial charge in [0.25, 0.3) is 5.91 Å². The number of carbonyl (C=O) groups excluding carboxylic acids is 3. The lowest BCUT2D eigenvalue weighted by Gasteiger charge is -2.39. The van der Waals surface area contributed by atoms with Crippen molar-refractivity contribution < 1.29 is 23.9 Å². The first kappa shape index (κ1) is 28.7. The van der Waals surface area contributed by atoms with Gasteiger partial charge in [-0.15, -0.1) is 0 Å². The van der Waals surface area contributed by atoms with Crippen LogP contribution in [-0.4, -0.2) is 83.7 Å². The van der Waals surface area contributed by atoms with Crippen LogP contribution in [0.2, 0.25) is 0 Å². The molecule has 1 atom stereocenters. The molecule has 2 heterocycles. The molecule has 2 aromatic carbocycles. The van der Waals surface area contributed by atoms with E-state index in [1.54, 1.807) is 16.7 Å². The number of anilines is 1. The van der Waals surface area contributed by atoms with Gasteiger partial charge in [-0.1, -0.05) is 48.0 Å². The molecule has 3 aromatic rings. The lowest BCUT2D eigenvalue weighted by Crippen LogP contribution is -2.56. The van der Waals surface area contributed by atoms with Gasteiger partial charge in [-0.2, -0.15) is 0 Å². The Balaban J connectivity index is 1.56. The van der Waals surface area contributed by atoms with Gasteiger partial charge in [0.15, 0.2) is 5.82 Å². The summed E-state index contributed by atoms with van der Waals surface area (Å²) in [7, 11) is 1.51. The minimum atomic E-state index is -0.683.